The van der Waals surface area contributed by atoms with Crippen molar-refractivity contribution in [2.75, 3.05) is 31.6 Å². The van der Waals surface area contributed by atoms with Gasteiger partial charge in [0.1, 0.15) is 17.5 Å². The van der Waals surface area contributed by atoms with Gasteiger partial charge in [-0.3, -0.25) is 9.78 Å². The highest BCUT2D eigenvalue weighted by molar-refractivity contribution is 5.92. The zero-order valence-electron chi connectivity index (χ0n) is 24.4. The number of rotatable bonds is 13. The van der Waals surface area contributed by atoms with Crippen molar-refractivity contribution in [2.24, 2.45) is 0 Å². The molecule has 12 heteroatoms. The number of aliphatic hydroxyl groups is 1. The first-order valence-corrected chi connectivity index (χ1v) is 14.6. The summed E-state index contributed by atoms with van der Waals surface area (Å²) >= 11 is 0. The highest BCUT2D eigenvalue weighted by atomic mass is 19.1. The first-order valence-electron chi connectivity index (χ1n) is 14.6. The van der Waals surface area contributed by atoms with E-state index in [0.29, 0.717) is 30.5 Å². The molecule has 4 rings (SSSR count). The van der Waals surface area contributed by atoms with Crippen molar-refractivity contribution in [3.63, 3.8) is 0 Å². The summed E-state index contributed by atoms with van der Waals surface area (Å²) in [4.78, 5) is 30.0. The smallest absolute Gasteiger partial charge is 0.407 e. The minimum absolute atomic E-state index is 0.0627. The number of benzene rings is 2. The maximum Gasteiger partial charge on any atom is 0.407 e. The molecule has 2 amide bonds. The lowest BCUT2D eigenvalue weighted by Crippen LogP contribution is -2.55. The number of nitrogens with one attached hydrogen (secondary N) is 2. The Morgan fingerprint density at radius 3 is 2.23 bits per heavy atom. The van der Waals surface area contributed by atoms with E-state index in [1.165, 1.54) is 35.4 Å². The Hall–Kier alpha value is -4.00. The van der Waals surface area contributed by atoms with Gasteiger partial charge in [-0.25, -0.2) is 18.0 Å². The van der Waals surface area contributed by atoms with Crippen molar-refractivity contribution in [2.45, 2.75) is 56.7 Å². The van der Waals surface area contributed by atoms with Crippen LogP contribution in [0.2, 0.25) is 0 Å². The molecule has 3 aromatic rings. The summed E-state index contributed by atoms with van der Waals surface area (Å²) in [6.45, 7) is 2.36. The predicted octanol–water partition coefficient (Wildman–Crippen LogP) is 4.70. The van der Waals surface area contributed by atoms with Crippen molar-refractivity contribution in [3.8, 4) is 0 Å². The van der Waals surface area contributed by atoms with Crippen molar-refractivity contribution >= 4 is 17.7 Å². The molecule has 3 atom stereocenters. The second-order valence-corrected chi connectivity index (χ2v) is 10.8. The van der Waals surface area contributed by atoms with E-state index in [4.69, 9.17) is 4.74 Å². The van der Waals surface area contributed by atoms with Crippen LogP contribution >= 0.6 is 0 Å². The molecule has 9 nitrogen and oxygen atoms in total. The Balaban J connectivity index is 1.38. The number of aromatic nitrogens is 1. The average Bonchev–Trinajstić information content (AvgIpc) is 3.01. The number of ether oxygens (including phenoxy) is 1. The summed E-state index contributed by atoms with van der Waals surface area (Å²) in [5, 5.41) is 25.1. The fourth-order valence-corrected chi connectivity index (χ4v) is 5.37. The van der Waals surface area contributed by atoms with Crippen LogP contribution in [0.25, 0.3) is 0 Å². The molecular formula is C32H37F3N4O5. The highest BCUT2D eigenvalue weighted by Gasteiger charge is 2.29. The Morgan fingerprint density at radius 2 is 1.70 bits per heavy atom. The Morgan fingerprint density at radius 1 is 1.07 bits per heavy atom. The third-order valence-corrected chi connectivity index (χ3v) is 7.88. The van der Waals surface area contributed by atoms with Crippen LogP contribution in [0.4, 0.5) is 23.7 Å². The number of pyridine rings is 1. The van der Waals surface area contributed by atoms with E-state index in [1.54, 1.807) is 24.3 Å². The molecule has 1 unspecified atom stereocenters. The summed E-state index contributed by atoms with van der Waals surface area (Å²) in [6, 6.07) is 10.7. The number of carbonyl (C=O) groups excluding carboxylic acids is 1. The number of amides is 2. The molecule has 1 fully saturated rings. The number of hydrogen-bond acceptors (Lipinski definition) is 6. The van der Waals surface area contributed by atoms with Crippen molar-refractivity contribution in [3.05, 3.63) is 95.1 Å². The number of morpholine rings is 1. The van der Waals surface area contributed by atoms with Gasteiger partial charge in [-0.2, -0.15) is 0 Å². The van der Waals surface area contributed by atoms with Crippen LogP contribution in [0.15, 0.2) is 60.9 Å². The molecule has 0 radical (unpaired) electrons. The second kappa shape index (κ2) is 15.6. The molecule has 44 heavy (non-hydrogen) atoms. The number of carbonyl (C=O) groups is 2. The van der Waals surface area contributed by atoms with Gasteiger partial charge >= 0.3 is 6.09 Å². The maximum absolute atomic E-state index is 14.9. The maximum atomic E-state index is 14.9. The average molecular weight is 615 g/mol. The zero-order chi connectivity index (χ0) is 31.6. The van der Waals surface area contributed by atoms with Gasteiger partial charge < -0.3 is 30.5 Å². The number of nitrogens with zero attached hydrogens (tertiary/aromatic N) is 2. The van der Waals surface area contributed by atoms with E-state index in [1.807, 2.05) is 6.92 Å². The van der Waals surface area contributed by atoms with Gasteiger partial charge in [0.2, 0.25) is 5.91 Å². The van der Waals surface area contributed by atoms with E-state index < -0.39 is 41.4 Å². The molecule has 0 saturated carbocycles. The topological polar surface area (TPSA) is 124 Å². The molecular weight excluding hydrogens is 577 g/mol. The summed E-state index contributed by atoms with van der Waals surface area (Å²) in [5.41, 5.74) is 1.82. The molecule has 0 bridgehead atoms. The Kier molecular flexibility index (Phi) is 11.7. The normalized spacial score (nSPS) is 17.3. The number of halogens is 3. The SMILES string of the molecule is CCC(CO)N(C[C@H]1CO[C@H](CCc2c(F)cncc2NC(=O)CC(c2ccc(F)cc2)c2ccc(F)cc2)CN1)C(=O)O. The molecule has 0 aliphatic carbocycles. The van der Waals surface area contributed by atoms with Gasteiger partial charge in [0.25, 0.3) is 0 Å². The molecule has 1 aromatic heterocycles. The zero-order valence-corrected chi connectivity index (χ0v) is 24.4. The van der Waals surface area contributed by atoms with Crippen molar-refractivity contribution < 1.29 is 37.7 Å². The van der Waals surface area contributed by atoms with Crippen LogP contribution in [-0.4, -0.2) is 76.6 Å². The predicted molar refractivity (Wildman–Crippen MR) is 158 cm³/mol. The number of anilines is 1. The molecule has 236 valence electrons. The van der Waals surface area contributed by atoms with Crippen LogP contribution in [0.5, 0.6) is 0 Å². The van der Waals surface area contributed by atoms with Gasteiger partial charge in [-0.1, -0.05) is 31.2 Å². The lowest BCUT2D eigenvalue weighted by atomic mass is 9.88. The van der Waals surface area contributed by atoms with Crippen molar-refractivity contribution in [1.29, 1.82) is 0 Å². The standard InChI is InChI=1S/C32H37F3N4O5/c1-2-25(18-40)39(32(42)43)17-24-19-44-26(14-37-24)11-12-27-29(35)15-36-16-30(27)38-31(41)13-28(20-3-7-22(33)8-4-20)21-5-9-23(34)10-6-21/h3-10,15-16,24-26,28,37,40H,2,11-14,17-19H2,1H3,(H,38,41)(H,42,43)/t24-,25?,26+/m0/s1. The monoisotopic (exact) mass is 614 g/mol. The highest BCUT2D eigenvalue weighted by Crippen LogP contribution is 2.30. The fourth-order valence-electron chi connectivity index (χ4n) is 5.37. The van der Waals surface area contributed by atoms with Gasteiger partial charge in [0.05, 0.1) is 43.4 Å². The lowest BCUT2D eigenvalue weighted by molar-refractivity contribution is -0.116. The van der Waals surface area contributed by atoms with Crippen molar-refractivity contribution in [1.82, 2.24) is 15.2 Å². The Labute approximate surface area is 254 Å². The number of carboxylic acid groups (broad SMARTS) is 1. The van der Waals surface area contributed by atoms with Crippen LogP contribution in [0.1, 0.15) is 48.8 Å². The molecule has 1 saturated heterocycles. The number of hydrogen-bond donors (Lipinski definition) is 4. The quantitative estimate of drug-likeness (QED) is 0.220. The first-order chi connectivity index (χ1) is 21.2. The third kappa shape index (κ3) is 8.77. The summed E-state index contributed by atoms with van der Waals surface area (Å²) < 4.78 is 48.0. The minimum atomic E-state index is -1.11. The summed E-state index contributed by atoms with van der Waals surface area (Å²) in [6.07, 6.45) is 2.15. The largest absolute Gasteiger partial charge is 0.465 e. The van der Waals surface area contributed by atoms with Crippen LogP contribution < -0.4 is 10.6 Å². The molecule has 2 aromatic carbocycles. The van der Waals surface area contributed by atoms with Gasteiger partial charge in [-0.15, -0.1) is 0 Å². The van der Waals surface area contributed by atoms with Crippen LogP contribution in [0, 0.1) is 17.5 Å². The molecule has 1 aliphatic heterocycles. The van der Waals surface area contributed by atoms with E-state index in [0.717, 1.165) is 6.20 Å². The third-order valence-electron chi connectivity index (χ3n) is 7.88. The molecule has 0 spiro atoms. The van der Waals surface area contributed by atoms with Gasteiger partial charge in [0.15, 0.2) is 0 Å². The second-order valence-electron chi connectivity index (χ2n) is 10.8. The van der Waals surface area contributed by atoms with E-state index in [-0.39, 0.29) is 56.0 Å². The van der Waals surface area contributed by atoms with E-state index in [2.05, 4.69) is 15.6 Å². The fraction of sp³-hybridized carbons (Fsp3) is 0.406. The summed E-state index contributed by atoms with van der Waals surface area (Å²) in [7, 11) is 0. The first kappa shape index (κ1) is 32.9. The molecule has 4 N–H and O–H groups in total. The van der Waals surface area contributed by atoms with Crippen LogP contribution in [-0.2, 0) is 16.0 Å². The lowest BCUT2D eigenvalue weighted by Gasteiger charge is -2.35. The Bertz CT molecular complexity index is 1340. The van der Waals surface area contributed by atoms with Gasteiger partial charge in [-0.05, 0) is 54.7 Å². The summed E-state index contributed by atoms with van der Waals surface area (Å²) in [5.74, 6) is -2.35. The van der Waals surface area contributed by atoms with E-state index in [9.17, 15) is 33.0 Å². The molecule has 1 aliphatic rings. The van der Waals surface area contributed by atoms with Crippen LogP contribution in [0.3, 0.4) is 0 Å². The minimum Gasteiger partial charge on any atom is -0.465 e. The number of aliphatic hydroxyl groups excluding tert-OH is 1. The molecule has 2 heterocycles. The van der Waals surface area contributed by atoms with E-state index >= 15 is 0 Å². The van der Waals surface area contributed by atoms with Gasteiger partial charge in [0, 0.05) is 37.0 Å².